The molecule has 0 aliphatic heterocycles. The fourth-order valence-electron chi connectivity index (χ4n) is 1.68. The van der Waals surface area contributed by atoms with Gasteiger partial charge in [0.15, 0.2) is 0 Å². The summed E-state index contributed by atoms with van der Waals surface area (Å²) >= 11 is 5.98. The standard InChI is InChI=1S/C12H16ClN5/c1-3-4-10-17-9(13)7-11(18-10)16-8(2)12-14-5-6-15-12/h5-8H,3-4H2,1-2H3,(H,14,15)(H,16,17,18). The van der Waals surface area contributed by atoms with Gasteiger partial charge in [0, 0.05) is 24.9 Å². The summed E-state index contributed by atoms with van der Waals surface area (Å²) in [5, 5.41) is 3.72. The first kappa shape index (κ1) is 12.8. The second-order valence-corrected chi connectivity index (χ2v) is 4.47. The van der Waals surface area contributed by atoms with Gasteiger partial charge >= 0.3 is 0 Å². The minimum absolute atomic E-state index is 0.0421. The highest BCUT2D eigenvalue weighted by Crippen LogP contribution is 2.17. The van der Waals surface area contributed by atoms with Crippen LogP contribution >= 0.6 is 11.6 Å². The molecule has 0 aliphatic rings. The van der Waals surface area contributed by atoms with Crippen molar-refractivity contribution in [2.45, 2.75) is 32.7 Å². The van der Waals surface area contributed by atoms with Crippen LogP contribution in [-0.2, 0) is 6.42 Å². The zero-order valence-electron chi connectivity index (χ0n) is 10.4. The third-order valence-electron chi connectivity index (χ3n) is 2.51. The zero-order valence-corrected chi connectivity index (χ0v) is 11.2. The monoisotopic (exact) mass is 265 g/mol. The van der Waals surface area contributed by atoms with Gasteiger partial charge in [-0.05, 0) is 13.3 Å². The number of anilines is 1. The molecule has 0 aliphatic carbocycles. The van der Waals surface area contributed by atoms with E-state index >= 15 is 0 Å². The summed E-state index contributed by atoms with van der Waals surface area (Å²) in [4.78, 5) is 15.9. The van der Waals surface area contributed by atoms with Crippen LogP contribution in [0.3, 0.4) is 0 Å². The van der Waals surface area contributed by atoms with Crippen LogP contribution in [0.4, 0.5) is 5.82 Å². The highest BCUT2D eigenvalue weighted by molar-refractivity contribution is 6.29. The van der Waals surface area contributed by atoms with Crippen LogP contribution in [0.5, 0.6) is 0 Å². The summed E-state index contributed by atoms with van der Waals surface area (Å²) in [5.74, 6) is 2.35. The summed E-state index contributed by atoms with van der Waals surface area (Å²) < 4.78 is 0. The molecule has 0 fully saturated rings. The van der Waals surface area contributed by atoms with E-state index in [0.29, 0.717) is 5.15 Å². The van der Waals surface area contributed by atoms with Gasteiger partial charge in [-0.25, -0.2) is 15.0 Å². The molecule has 2 aromatic rings. The minimum atomic E-state index is 0.0421. The van der Waals surface area contributed by atoms with E-state index in [4.69, 9.17) is 11.6 Å². The van der Waals surface area contributed by atoms with Crippen LogP contribution in [0.2, 0.25) is 5.15 Å². The molecule has 2 aromatic heterocycles. The minimum Gasteiger partial charge on any atom is -0.360 e. The number of hydrogen-bond donors (Lipinski definition) is 2. The number of aromatic amines is 1. The van der Waals surface area contributed by atoms with E-state index in [-0.39, 0.29) is 6.04 Å². The number of nitrogens with zero attached hydrogens (tertiary/aromatic N) is 3. The summed E-state index contributed by atoms with van der Waals surface area (Å²) in [7, 11) is 0. The largest absolute Gasteiger partial charge is 0.360 e. The molecule has 2 N–H and O–H groups in total. The Morgan fingerprint density at radius 1 is 1.44 bits per heavy atom. The molecule has 0 spiro atoms. The third-order valence-corrected chi connectivity index (χ3v) is 2.70. The van der Waals surface area contributed by atoms with Crippen molar-refractivity contribution < 1.29 is 0 Å². The molecule has 2 heterocycles. The molecule has 0 amide bonds. The third kappa shape index (κ3) is 3.20. The quantitative estimate of drug-likeness (QED) is 0.816. The maximum atomic E-state index is 5.98. The van der Waals surface area contributed by atoms with Crippen LogP contribution in [0.25, 0.3) is 0 Å². The van der Waals surface area contributed by atoms with Crippen molar-refractivity contribution in [2.24, 2.45) is 0 Å². The SMILES string of the molecule is CCCc1nc(Cl)cc(NC(C)c2ncc[nH]2)n1. The number of aromatic nitrogens is 4. The van der Waals surface area contributed by atoms with Crippen LogP contribution < -0.4 is 5.32 Å². The molecule has 0 radical (unpaired) electrons. The average molecular weight is 266 g/mol. The van der Waals surface area contributed by atoms with Gasteiger partial charge in [-0.2, -0.15) is 0 Å². The summed E-state index contributed by atoms with van der Waals surface area (Å²) in [5.41, 5.74) is 0. The lowest BCUT2D eigenvalue weighted by atomic mass is 10.3. The first-order valence-corrected chi connectivity index (χ1v) is 6.36. The van der Waals surface area contributed by atoms with E-state index in [1.807, 2.05) is 6.92 Å². The Morgan fingerprint density at radius 3 is 2.94 bits per heavy atom. The molecule has 0 saturated heterocycles. The van der Waals surface area contributed by atoms with Gasteiger partial charge in [-0.3, -0.25) is 0 Å². The maximum absolute atomic E-state index is 5.98. The lowest BCUT2D eigenvalue weighted by molar-refractivity contribution is 0.788. The first-order chi connectivity index (χ1) is 8.69. The molecular formula is C12H16ClN5. The lowest BCUT2D eigenvalue weighted by Crippen LogP contribution is -2.11. The van der Waals surface area contributed by atoms with Crippen molar-refractivity contribution in [2.75, 3.05) is 5.32 Å². The van der Waals surface area contributed by atoms with Gasteiger partial charge in [0.25, 0.3) is 0 Å². The van der Waals surface area contributed by atoms with Crippen LogP contribution in [0.1, 0.15) is 38.0 Å². The fraction of sp³-hybridized carbons (Fsp3) is 0.417. The number of nitrogens with one attached hydrogen (secondary N) is 2. The molecule has 1 atom stereocenters. The molecule has 96 valence electrons. The predicted molar refractivity (Wildman–Crippen MR) is 71.7 cm³/mol. The summed E-state index contributed by atoms with van der Waals surface area (Å²) in [6.07, 6.45) is 5.34. The molecule has 0 saturated carbocycles. The molecule has 1 unspecified atom stereocenters. The number of hydrogen-bond acceptors (Lipinski definition) is 4. The smallest absolute Gasteiger partial charge is 0.134 e. The van der Waals surface area contributed by atoms with E-state index in [9.17, 15) is 0 Å². The highest BCUT2D eigenvalue weighted by atomic mass is 35.5. The van der Waals surface area contributed by atoms with E-state index in [2.05, 4.69) is 32.2 Å². The van der Waals surface area contributed by atoms with Gasteiger partial charge in [-0.15, -0.1) is 0 Å². The molecule has 0 aromatic carbocycles. The van der Waals surface area contributed by atoms with Crippen LogP contribution in [0.15, 0.2) is 18.5 Å². The van der Waals surface area contributed by atoms with Gasteiger partial charge < -0.3 is 10.3 Å². The molecule has 18 heavy (non-hydrogen) atoms. The Hall–Kier alpha value is -1.62. The average Bonchev–Trinajstić information content (AvgIpc) is 2.81. The van der Waals surface area contributed by atoms with Gasteiger partial charge in [-0.1, -0.05) is 18.5 Å². The molecular weight excluding hydrogens is 250 g/mol. The van der Waals surface area contributed by atoms with Crippen molar-refractivity contribution in [3.63, 3.8) is 0 Å². The second-order valence-electron chi connectivity index (χ2n) is 4.08. The number of aryl methyl sites for hydroxylation is 1. The summed E-state index contributed by atoms with van der Waals surface area (Å²) in [6, 6.07) is 1.76. The van der Waals surface area contributed by atoms with E-state index in [1.165, 1.54) is 0 Å². The van der Waals surface area contributed by atoms with E-state index < -0.39 is 0 Å². The number of imidazole rings is 1. The zero-order chi connectivity index (χ0) is 13.0. The van der Waals surface area contributed by atoms with Crippen molar-refractivity contribution >= 4 is 17.4 Å². The normalized spacial score (nSPS) is 12.4. The molecule has 2 rings (SSSR count). The number of halogens is 1. The highest BCUT2D eigenvalue weighted by Gasteiger charge is 2.09. The Balaban J connectivity index is 2.13. The number of H-pyrrole nitrogens is 1. The van der Waals surface area contributed by atoms with Crippen molar-refractivity contribution in [3.05, 3.63) is 35.3 Å². The van der Waals surface area contributed by atoms with E-state index in [0.717, 1.165) is 30.3 Å². The van der Waals surface area contributed by atoms with Gasteiger partial charge in [0.1, 0.15) is 22.6 Å². The van der Waals surface area contributed by atoms with Crippen LogP contribution in [0, 0.1) is 0 Å². The molecule has 6 heteroatoms. The van der Waals surface area contributed by atoms with Crippen molar-refractivity contribution in [1.82, 2.24) is 19.9 Å². The van der Waals surface area contributed by atoms with Crippen molar-refractivity contribution in [1.29, 1.82) is 0 Å². The second kappa shape index (κ2) is 5.82. The maximum Gasteiger partial charge on any atom is 0.134 e. The lowest BCUT2D eigenvalue weighted by Gasteiger charge is -2.13. The van der Waals surface area contributed by atoms with E-state index in [1.54, 1.807) is 18.5 Å². The summed E-state index contributed by atoms with van der Waals surface area (Å²) in [6.45, 7) is 4.09. The number of rotatable bonds is 5. The van der Waals surface area contributed by atoms with Crippen LogP contribution in [-0.4, -0.2) is 19.9 Å². The Labute approximate surface area is 111 Å². The van der Waals surface area contributed by atoms with Gasteiger partial charge in [0.2, 0.25) is 0 Å². The topological polar surface area (TPSA) is 66.5 Å². The van der Waals surface area contributed by atoms with Crippen molar-refractivity contribution in [3.8, 4) is 0 Å². The predicted octanol–water partition coefficient (Wildman–Crippen LogP) is 2.98. The fourth-order valence-corrected chi connectivity index (χ4v) is 1.88. The molecule has 0 bridgehead atoms. The van der Waals surface area contributed by atoms with Gasteiger partial charge in [0.05, 0.1) is 6.04 Å². The Morgan fingerprint density at radius 2 is 2.28 bits per heavy atom. The first-order valence-electron chi connectivity index (χ1n) is 5.98. The molecule has 5 nitrogen and oxygen atoms in total. The Kier molecular flexibility index (Phi) is 4.15. The Bertz CT molecular complexity index is 497.